The van der Waals surface area contributed by atoms with Crippen molar-refractivity contribution in [2.75, 3.05) is 0 Å². The minimum Gasteiger partial charge on any atom is -0.297 e. The van der Waals surface area contributed by atoms with E-state index in [0.29, 0.717) is 0 Å². The van der Waals surface area contributed by atoms with Gasteiger partial charge in [-0.2, -0.15) is 25.3 Å². The van der Waals surface area contributed by atoms with Gasteiger partial charge in [-0.25, -0.2) is 0 Å². The lowest BCUT2D eigenvalue weighted by molar-refractivity contribution is -0.116. The molecule has 1 aliphatic carbocycles. The number of hydrogen-bond acceptors (Lipinski definition) is 3. The Morgan fingerprint density at radius 3 is 1.90 bits per heavy atom. The lowest BCUT2D eigenvalue weighted by Crippen LogP contribution is -2.17. The molecular weight excluding hydrogens is 211 g/mol. The highest BCUT2D eigenvalue weighted by molar-refractivity contribution is 7.86. The summed E-state index contributed by atoms with van der Waals surface area (Å²) in [6.07, 6.45) is 0. The molecule has 0 aromatic carbocycles. The van der Waals surface area contributed by atoms with E-state index in [2.05, 4.69) is 25.3 Å². The van der Waals surface area contributed by atoms with E-state index in [1.807, 2.05) is 0 Å². The van der Waals surface area contributed by atoms with Gasteiger partial charge in [-0.1, -0.05) is 0 Å². The predicted octanol–water partition coefficient (Wildman–Crippen LogP) is 1.38. The SMILES string of the molecule is O=C1C(S)C(S)C(Cl)C1Cl. The van der Waals surface area contributed by atoms with Crippen LogP contribution in [-0.2, 0) is 4.79 Å². The minimum atomic E-state index is -0.619. The zero-order valence-electron chi connectivity index (χ0n) is 4.87. The number of carbonyl (C=O) groups excluding carboxylic acids is 1. The van der Waals surface area contributed by atoms with Crippen LogP contribution in [-0.4, -0.2) is 27.0 Å². The van der Waals surface area contributed by atoms with Gasteiger partial charge in [-0.15, -0.1) is 23.2 Å². The molecule has 0 heterocycles. The molecule has 0 amide bonds. The van der Waals surface area contributed by atoms with Gasteiger partial charge in [0, 0.05) is 5.25 Å². The second kappa shape index (κ2) is 3.13. The number of Topliss-reactive ketones (excluding diaryl/α,β-unsaturated/α-hetero) is 1. The molecule has 0 aliphatic heterocycles. The molecule has 58 valence electrons. The third-order valence-corrected chi connectivity index (χ3v) is 4.24. The zero-order valence-corrected chi connectivity index (χ0v) is 8.17. The van der Waals surface area contributed by atoms with Gasteiger partial charge in [0.2, 0.25) is 0 Å². The third kappa shape index (κ3) is 1.29. The van der Waals surface area contributed by atoms with Crippen LogP contribution in [0.4, 0.5) is 0 Å². The molecule has 4 atom stereocenters. The second-order valence-electron chi connectivity index (χ2n) is 2.18. The van der Waals surface area contributed by atoms with Gasteiger partial charge >= 0.3 is 0 Å². The summed E-state index contributed by atoms with van der Waals surface area (Å²) >= 11 is 19.4. The lowest BCUT2D eigenvalue weighted by Gasteiger charge is -2.07. The fourth-order valence-corrected chi connectivity index (χ4v) is 2.35. The number of hydrogen-bond donors (Lipinski definition) is 2. The molecule has 0 bridgehead atoms. The molecule has 1 fully saturated rings. The van der Waals surface area contributed by atoms with Crippen LogP contribution in [0.2, 0.25) is 0 Å². The van der Waals surface area contributed by atoms with E-state index in [0.717, 1.165) is 0 Å². The summed E-state index contributed by atoms with van der Waals surface area (Å²) in [5.41, 5.74) is 0. The summed E-state index contributed by atoms with van der Waals surface area (Å²) in [5, 5.41) is -1.64. The summed E-state index contributed by atoms with van der Waals surface area (Å²) < 4.78 is 0. The maximum atomic E-state index is 11.0. The van der Waals surface area contributed by atoms with E-state index in [9.17, 15) is 4.79 Å². The van der Waals surface area contributed by atoms with Crippen LogP contribution >= 0.6 is 48.5 Å². The van der Waals surface area contributed by atoms with Crippen LogP contribution in [0, 0.1) is 0 Å². The fraction of sp³-hybridized carbons (Fsp3) is 0.800. The average molecular weight is 217 g/mol. The van der Waals surface area contributed by atoms with E-state index >= 15 is 0 Å². The standard InChI is InChI=1S/C5H6Cl2OS2/c6-1-2(7)4(9)5(10)3(1)8/h1-2,4-5,9-10H. The molecule has 10 heavy (non-hydrogen) atoms. The summed E-state index contributed by atoms with van der Waals surface area (Å²) in [6.45, 7) is 0. The van der Waals surface area contributed by atoms with Crippen LogP contribution in [0.3, 0.4) is 0 Å². The van der Waals surface area contributed by atoms with E-state index in [-0.39, 0.29) is 16.4 Å². The average Bonchev–Trinajstić information content (AvgIpc) is 2.07. The highest BCUT2D eigenvalue weighted by Crippen LogP contribution is 2.33. The molecule has 0 aromatic rings. The Morgan fingerprint density at radius 2 is 1.80 bits per heavy atom. The van der Waals surface area contributed by atoms with Crippen molar-refractivity contribution >= 4 is 54.2 Å². The Labute approximate surface area is 80.3 Å². The van der Waals surface area contributed by atoms with E-state index in [1.165, 1.54) is 0 Å². The Balaban J connectivity index is 2.78. The first kappa shape index (κ1) is 9.04. The van der Waals surface area contributed by atoms with Gasteiger partial charge < -0.3 is 0 Å². The number of rotatable bonds is 0. The first-order valence-electron chi connectivity index (χ1n) is 2.73. The van der Waals surface area contributed by atoms with Crippen molar-refractivity contribution in [3.8, 4) is 0 Å². The van der Waals surface area contributed by atoms with E-state index in [4.69, 9.17) is 23.2 Å². The topological polar surface area (TPSA) is 17.1 Å². The van der Waals surface area contributed by atoms with E-state index < -0.39 is 10.6 Å². The quantitative estimate of drug-likeness (QED) is 0.463. The first-order valence-corrected chi connectivity index (χ1v) is 4.64. The highest BCUT2D eigenvalue weighted by atomic mass is 35.5. The summed E-state index contributed by atoms with van der Waals surface area (Å²) in [7, 11) is 0. The smallest absolute Gasteiger partial charge is 0.166 e. The van der Waals surface area contributed by atoms with Crippen LogP contribution in [0.25, 0.3) is 0 Å². The second-order valence-corrected chi connectivity index (χ2v) is 4.31. The highest BCUT2D eigenvalue weighted by Gasteiger charge is 2.44. The van der Waals surface area contributed by atoms with E-state index in [1.54, 1.807) is 0 Å². The Kier molecular flexibility index (Phi) is 2.83. The van der Waals surface area contributed by atoms with Crippen LogP contribution < -0.4 is 0 Å². The fourth-order valence-electron chi connectivity index (χ4n) is 0.836. The van der Waals surface area contributed by atoms with Crippen molar-refractivity contribution in [1.29, 1.82) is 0 Å². The van der Waals surface area contributed by atoms with Gasteiger partial charge in [-0.3, -0.25) is 4.79 Å². The summed E-state index contributed by atoms with van der Waals surface area (Å²) in [6, 6.07) is 0. The molecule has 5 heteroatoms. The zero-order chi connectivity index (χ0) is 7.89. The van der Waals surface area contributed by atoms with Gasteiger partial charge in [0.1, 0.15) is 5.38 Å². The van der Waals surface area contributed by atoms with Crippen molar-refractivity contribution < 1.29 is 4.79 Å². The van der Waals surface area contributed by atoms with Crippen molar-refractivity contribution in [3.63, 3.8) is 0 Å². The Morgan fingerprint density at radius 1 is 1.30 bits per heavy atom. The lowest BCUT2D eigenvalue weighted by atomic mass is 10.3. The molecule has 4 unspecified atom stereocenters. The third-order valence-electron chi connectivity index (χ3n) is 1.49. The Hall–Kier alpha value is 0.950. The number of halogens is 2. The van der Waals surface area contributed by atoms with Crippen molar-refractivity contribution in [2.45, 2.75) is 21.3 Å². The van der Waals surface area contributed by atoms with Gasteiger partial charge in [0.15, 0.2) is 5.78 Å². The first-order chi connectivity index (χ1) is 4.55. The monoisotopic (exact) mass is 216 g/mol. The van der Waals surface area contributed by atoms with Crippen molar-refractivity contribution in [3.05, 3.63) is 0 Å². The molecule has 0 spiro atoms. The molecule has 0 radical (unpaired) electrons. The molecule has 0 saturated heterocycles. The van der Waals surface area contributed by atoms with Crippen LogP contribution in [0.15, 0.2) is 0 Å². The number of carbonyl (C=O) groups is 1. The van der Waals surface area contributed by atoms with Gasteiger partial charge in [0.05, 0.1) is 10.6 Å². The minimum absolute atomic E-state index is 0.120. The number of ketones is 1. The van der Waals surface area contributed by atoms with Crippen molar-refractivity contribution in [1.82, 2.24) is 0 Å². The van der Waals surface area contributed by atoms with Gasteiger partial charge in [-0.05, 0) is 0 Å². The van der Waals surface area contributed by atoms with Crippen LogP contribution in [0.1, 0.15) is 0 Å². The molecule has 1 rings (SSSR count). The maximum absolute atomic E-state index is 11.0. The van der Waals surface area contributed by atoms with Gasteiger partial charge in [0.25, 0.3) is 0 Å². The maximum Gasteiger partial charge on any atom is 0.166 e. The summed E-state index contributed by atoms with van der Waals surface area (Å²) in [4.78, 5) is 11.0. The Bertz CT molecular complexity index is 148. The summed E-state index contributed by atoms with van der Waals surface area (Å²) in [5.74, 6) is -0.120. The largest absolute Gasteiger partial charge is 0.297 e. The molecular formula is C5H6Cl2OS2. The van der Waals surface area contributed by atoms with Crippen molar-refractivity contribution in [2.24, 2.45) is 0 Å². The molecule has 1 nitrogen and oxygen atoms in total. The molecule has 0 N–H and O–H groups in total. The molecule has 1 aliphatic rings. The van der Waals surface area contributed by atoms with Crippen LogP contribution in [0.5, 0.6) is 0 Å². The normalized spacial score (nSPS) is 48.2. The number of thiol groups is 2. The predicted molar refractivity (Wildman–Crippen MR) is 49.8 cm³/mol. The molecule has 1 saturated carbocycles. The number of alkyl halides is 2. The molecule has 0 aromatic heterocycles.